The van der Waals surface area contributed by atoms with E-state index in [2.05, 4.69) is 45.0 Å². The minimum atomic E-state index is -0.227. The Bertz CT molecular complexity index is 684. The summed E-state index contributed by atoms with van der Waals surface area (Å²) in [4.78, 5) is 19.4. The van der Waals surface area contributed by atoms with Crippen LogP contribution in [0, 0.1) is 5.41 Å². The number of pyridine rings is 1. The number of halogens is 1. The fourth-order valence-electron chi connectivity index (χ4n) is 2.20. The highest BCUT2D eigenvalue weighted by Crippen LogP contribution is 2.27. The van der Waals surface area contributed by atoms with Crippen molar-refractivity contribution in [2.24, 2.45) is 0 Å². The smallest absolute Gasteiger partial charge is 0.266 e. The lowest BCUT2D eigenvalue weighted by atomic mass is 10.2. The molecule has 0 fully saturated rings. The van der Waals surface area contributed by atoms with Crippen molar-refractivity contribution >= 4 is 50.9 Å². The Morgan fingerprint density at radius 2 is 2.26 bits per heavy atom. The van der Waals surface area contributed by atoms with Gasteiger partial charge in [-0.1, -0.05) is 6.92 Å². The van der Waals surface area contributed by atoms with Crippen LogP contribution in [0.25, 0.3) is 0 Å². The van der Waals surface area contributed by atoms with Gasteiger partial charge in [0.2, 0.25) is 0 Å². The third kappa shape index (κ3) is 4.39. The summed E-state index contributed by atoms with van der Waals surface area (Å²) in [5.74, 6) is 0.682. The molecule has 0 aromatic carbocycles. The molecule has 0 atom stereocenters. The van der Waals surface area contributed by atoms with Gasteiger partial charge < -0.3 is 15.6 Å². The lowest BCUT2D eigenvalue weighted by Gasteiger charge is -2.21. The second-order valence-corrected chi connectivity index (χ2v) is 7.35. The van der Waals surface area contributed by atoms with Gasteiger partial charge in [-0.2, -0.15) is 0 Å². The molecule has 2 aromatic heterocycles. The lowest BCUT2D eigenvalue weighted by Crippen LogP contribution is -2.24. The summed E-state index contributed by atoms with van der Waals surface area (Å²) in [5, 5.41) is 10.2. The summed E-state index contributed by atoms with van der Waals surface area (Å²) >= 11 is 4.65. The lowest BCUT2D eigenvalue weighted by molar-refractivity contribution is 0.103. The molecule has 2 aromatic rings. The van der Waals surface area contributed by atoms with Gasteiger partial charge in [-0.05, 0) is 47.5 Å². The molecule has 0 aliphatic carbocycles. The average Bonchev–Trinajstić information content (AvgIpc) is 2.94. The molecule has 0 unspecified atom stereocenters. The molecule has 0 aliphatic rings. The predicted molar refractivity (Wildman–Crippen MR) is 100 cm³/mol. The second-order valence-electron chi connectivity index (χ2n) is 4.92. The summed E-state index contributed by atoms with van der Waals surface area (Å²) in [6, 6.07) is 5.53. The zero-order valence-electron chi connectivity index (χ0n) is 13.1. The first-order valence-corrected chi connectivity index (χ1v) is 9.02. The van der Waals surface area contributed by atoms with Crippen molar-refractivity contribution in [2.75, 3.05) is 23.3 Å². The van der Waals surface area contributed by atoms with Crippen LogP contribution < -0.4 is 10.2 Å². The summed E-state index contributed by atoms with van der Waals surface area (Å²) < 4.78 is 0.827. The van der Waals surface area contributed by atoms with Gasteiger partial charge in [0.25, 0.3) is 5.91 Å². The molecule has 0 saturated carbocycles. The predicted octanol–water partition coefficient (Wildman–Crippen LogP) is 4.39. The number of hydrogen-bond donors (Lipinski definition) is 2. The maximum Gasteiger partial charge on any atom is 0.266 e. The number of hydrogen-bond acceptors (Lipinski definition) is 5. The molecular weight excluding hydrogens is 376 g/mol. The molecule has 23 heavy (non-hydrogen) atoms. The van der Waals surface area contributed by atoms with Crippen LogP contribution in [0.1, 0.15) is 35.5 Å². The summed E-state index contributed by atoms with van der Waals surface area (Å²) in [6.45, 7) is 6.09. The van der Waals surface area contributed by atoms with E-state index in [1.54, 1.807) is 12.3 Å². The second kappa shape index (κ2) is 8.21. The molecule has 0 radical (unpaired) electrons. The fraction of sp³-hybridized carbons (Fsp3) is 0.312. The molecule has 0 aliphatic heterocycles. The number of rotatable bonds is 7. The van der Waals surface area contributed by atoms with Gasteiger partial charge in [0, 0.05) is 24.9 Å². The van der Waals surface area contributed by atoms with Gasteiger partial charge in [-0.15, -0.1) is 11.3 Å². The number of nitrogens with zero attached hydrogens (tertiary/aromatic N) is 2. The molecular formula is C16H19BrN4OS. The van der Waals surface area contributed by atoms with Crippen molar-refractivity contribution in [3.8, 4) is 0 Å². The Balaban J connectivity index is 2.11. The Morgan fingerprint density at radius 1 is 1.48 bits per heavy atom. The Kier molecular flexibility index (Phi) is 6.29. The van der Waals surface area contributed by atoms with Crippen LogP contribution in [0.15, 0.2) is 28.2 Å². The number of amides is 1. The minimum Gasteiger partial charge on any atom is -0.357 e. The van der Waals surface area contributed by atoms with Crippen LogP contribution in [0.3, 0.4) is 0 Å². The van der Waals surface area contributed by atoms with Gasteiger partial charge in [-0.25, -0.2) is 4.98 Å². The molecule has 2 heterocycles. The van der Waals surface area contributed by atoms with Crippen LogP contribution >= 0.6 is 27.3 Å². The maximum atomic E-state index is 12.3. The summed E-state index contributed by atoms with van der Waals surface area (Å²) in [5.41, 5.74) is 1.25. The highest BCUT2D eigenvalue weighted by molar-refractivity contribution is 9.11. The third-order valence-corrected chi connectivity index (χ3v) is 4.95. The third-order valence-electron chi connectivity index (χ3n) is 3.30. The van der Waals surface area contributed by atoms with Gasteiger partial charge in [0.15, 0.2) is 0 Å². The van der Waals surface area contributed by atoms with Crippen molar-refractivity contribution < 1.29 is 4.79 Å². The number of carbonyl (C=O) groups is 1. The van der Waals surface area contributed by atoms with E-state index in [9.17, 15) is 4.79 Å². The topological polar surface area (TPSA) is 69.1 Å². The Labute approximate surface area is 148 Å². The Morgan fingerprint density at radius 3 is 2.83 bits per heavy atom. The first-order chi connectivity index (χ1) is 11.1. The van der Waals surface area contributed by atoms with Gasteiger partial charge in [0.1, 0.15) is 10.7 Å². The molecule has 2 N–H and O–H groups in total. The zero-order valence-corrected chi connectivity index (χ0v) is 15.5. The first kappa shape index (κ1) is 17.6. The zero-order chi connectivity index (χ0) is 16.8. The molecule has 0 spiro atoms. The van der Waals surface area contributed by atoms with Gasteiger partial charge >= 0.3 is 0 Å². The van der Waals surface area contributed by atoms with E-state index < -0.39 is 0 Å². The normalized spacial score (nSPS) is 10.4. The van der Waals surface area contributed by atoms with Crippen LogP contribution in [0.4, 0.5) is 11.5 Å². The molecule has 1 amide bonds. The monoisotopic (exact) mass is 394 g/mol. The first-order valence-electron chi connectivity index (χ1n) is 7.41. The summed E-state index contributed by atoms with van der Waals surface area (Å²) in [7, 11) is 0. The number of nitrogens with one attached hydrogen (secondary N) is 2. The van der Waals surface area contributed by atoms with E-state index in [4.69, 9.17) is 5.41 Å². The van der Waals surface area contributed by atoms with E-state index in [1.165, 1.54) is 17.6 Å². The molecule has 2 rings (SSSR count). The van der Waals surface area contributed by atoms with Crippen molar-refractivity contribution in [1.82, 2.24) is 4.98 Å². The highest BCUT2D eigenvalue weighted by Gasteiger charge is 2.15. The molecule has 0 saturated heterocycles. The van der Waals surface area contributed by atoms with Crippen molar-refractivity contribution in [3.05, 3.63) is 38.6 Å². The minimum absolute atomic E-state index is 0.227. The van der Waals surface area contributed by atoms with Crippen LogP contribution in [-0.2, 0) is 0 Å². The van der Waals surface area contributed by atoms with Crippen LogP contribution in [-0.4, -0.2) is 30.2 Å². The largest absolute Gasteiger partial charge is 0.357 e. The van der Waals surface area contributed by atoms with Crippen molar-refractivity contribution in [2.45, 2.75) is 20.3 Å². The number of anilines is 2. The van der Waals surface area contributed by atoms with E-state index in [0.717, 1.165) is 29.1 Å². The van der Waals surface area contributed by atoms with Gasteiger partial charge in [0.05, 0.1) is 15.7 Å². The SMILES string of the molecule is CCCN(CC)c1ccc(NC(=O)c2sc(Br)cc2C=N)cn1. The number of aromatic nitrogens is 1. The van der Waals surface area contributed by atoms with Crippen molar-refractivity contribution in [3.63, 3.8) is 0 Å². The summed E-state index contributed by atoms with van der Waals surface area (Å²) in [6.07, 6.45) is 3.91. The average molecular weight is 395 g/mol. The van der Waals surface area contributed by atoms with Crippen molar-refractivity contribution in [1.29, 1.82) is 5.41 Å². The highest BCUT2D eigenvalue weighted by atomic mass is 79.9. The van der Waals surface area contributed by atoms with Gasteiger partial charge in [-0.3, -0.25) is 4.79 Å². The quantitative estimate of drug-likeness (QED) is 0.683. The fourth-order valence-corrected chi connectivity index (χ4v) is 3.69. The molecule has 0 bridgehead atoms. The van der Waals surface area contributed by atoms with Crippen LogP contribution in [0.5, 0.6) is 0 Å². The van der Waals surface area contributed by atoms with E-state index >= 15 is 0 Å². The maximum absolute atomic E-state index is 12.3. The molecule has 122 valence electrons. The molecule has 5 nitrogen and oxygen atoms in total. The molecule has 7 heteroatoms. The number of thiophene rings is 1. The Hall–Kier alpha value is -1.73. The number of carbonyl (C=O) groups excluding carboxylic acids is 1. The van der Waals surface area contributed by atoms with E-state index in [0.29, 0.717) is 16.1 Å². The standard InChI is InChI=1S/C16H19BrN4OS/c1-3-7-21(4-2)14-6-5-12(10-19-14)20-16(22)15-11(9-18)8-13(17)23-15/h5-6,8-10,18H,3-4,7H2,1-2H3,(H,20,22). The van der Waals surface area contributed by atoms with Crippen LogP contribution in [0.2, 0.25) is 0 Å². The van der Waals surface area contributed by atoms with E-state index in [-0.39, 0.29) is 5.91 Å². The van der Waals surface area contributed by atoms with E-state index in [1.807, 2.05) is 12.1 Å².